The van der Waals surface area contributed by atoms with Crippen molar-refractivity contribution in [2.24, 2.45) is 46.2 Å². The number of aliphatic hydroxyl groups excluding tert-OH is 1. The van der Waals surface area contributed by atoms with Crippen LogP contribution in [0, 0.1) is 17.2 Å². The second-order valence-corrected chi connectivity index (χ2v) is 33.8. The standard InChI is InChI=1S/C82H131N27O21S2/c1-7-44(3)66(79(128)94-40-64(114)98-53(23-26-65(115)116)71(120)101-54(28-33-132-6)73(122)106-59(41-110)77(126)103-56(68(87)117)34-46-16-10-9-11-17-46)107-76(125)58(36-48-38-91-43-96-48)104-72(121)52(22-25-62(86)112)97-63(113)39-93-70(119)51(21-24-61(85)111)100-75(124)57(35-47-37-90-42-95-47)105-78(127)60-20-15-31-109(60)81(130)55(18-12-13-29-83)102-80(129)67(45(4)8-2)108-74(123)50(19-14-30-92-82(88)89)99-69(118)49(84)27-32-131-5/h9-11,16-17,37-38,42-45,49-60,66-67,110H,7-8,12-15,18-36,39-41,83-84H2,1-6H3,(H2,85,111)(H2,86,112)(H2,87,117)(H,90,95)(H,91,96)(H,93,119)(H,94,128)(H,97,113)(H,98,114)(H,99,118)(H,100,124)(H,101,120)(H,102,129)(H,103,126)(H,104,121)(H,105,127)(H,106,122)(H,107,125)(H,108,123)(H,115,116)(H4,88,89,92)/t44-,45-,49-,50-,51-,52-,53-,54-,55-,56-,57-,58-,59-,60-,66-,67-/m0/s1. The molecule has 3 aromatic rings. The average molecular weight is 1900 g/mol. The number of nitrogens with two attached hydrogens (primary N) is 6. The third kappa shape index (κ3) is 40.4. The van der Waals surface area contributed by atoms with Gasteiger partial charge < -0.3 is 139 Å². The molecule has 16 atom stereocenters. The average Bonchev–Trinajstić information content (AvgIpc) is 1.66. The number of primary amides is 3. The maximum atomic E-state index is 14.9. The number of imidazole rings is 2. The highest BCUT2D eigenvalue weighted by Gasteiger charge is 2.43. The first-order valence-corrected chi connectivity index (χ1v) is 46.2. The molecule has 0 radical (unpaired) electrons. The Bertz CT molecular complexity index is 4330. The number of H-pyrrole nitrogens is 2. The summed E-state index contributed by atoms with van der Waals surface area (Å²) in [6, 6.07) is -11.7. The van der Waals surface area contributed by atoms with Crippen molar-refractivity contribution >= 4 is 142 Å². The van der Waals surface area contributed by atoms with E-state index in [9.17, 15) is 101 Å². The highest BCUT2D eigenvalue weighted by molar-refractivity contribution is 7.98. The van der Waals surface area contributed by atoms with E-state index in [1.54, 1.807) is 64.3 Å². The van der Waals surface area contributed by atoms with Crippen molar-refractivity contribution in [3.63, 3.8) is 0 Å². The Morgan fingerprint density at radius 3 is 1.43 bits per heavy atom. The van der Waals surface area contributed by atoms with E-state index < -0.39 is 267 Å². The highest BCUT2D eigenvalue weighted by Crippen LogP contribution is 2.23. The third-order valence-electron chi connectivity index (χ3n) is 21.6. The Morgan fingerprint density at radius 1 is 0.492 bits per heavy atom. The van der Waals surface area contributed by atoms with Crippen LogP contribution in [0.25, 0.3) is 0 Å². The van der Waals surface area contributed by atoms with Gasteiger partial charge in [0.05, 0.1) is 38.4 Å². The van der Waals surface area contributed by atoms with Gasteiger partial charge in [-0.1, -0.05) is 70.9 Å². The Labute approximate surface area is 772 Å². The van der Waals surface area contributed by atoms with Crippen molar-refractivity contribution in [3.05, 3.63) is 72.3 Å². The number of thioether (sulfide) groups is 2. The van der Waals surface area contributed by atoms with Crippen molar-refractivity contribution in [1.29, 1.82) is 5.41 Å². The Kier molecular flexibility index (Phi) is 50.5. The molecule has 1 aliphatic heterocycles. The largest absolute Gasteiger partial charge is 0.481 e. The zero-order chi connectivity index (χ0) is 98.1. The number of unbranched alkanes of at least 4 members (excludes halogenated alkanes) is 1. The van der Waals surface area contributed by atoms with Crippen LogP contribution in [0.15, 0.2) is 55.4 Å². The number of aromatic amines is 2. The SMILES string of the molecule is CC[C@H](C)[C@H](NC(=O)[C@H](Cc1cnc[nH]1)NC(=O)[C@H](CCC(N)=O)NC(=O)CNC(=O)[C@H](CCC(N)=O)NC(=O)[C@H](Cc1cnc[nH]1)NC(=O)[C@@H]1CCCN1C(=O)[C@H](CCCCN)NC(=O)[C@@H](NC(=O)[C@H](CCCNC(=N)N)NC(=O)[C@@H](N)CCSC)[C@@H](C)CC)C(=O)NCC(=O)N[C@@H](CCC(=O)O)C(=O)N[C@@H](CCSC)C(=O)N[C@@H](CO)C(=O)N[C@@H](Cc1ccccc1)C(N)=O. The number of nitrogens with zero attached hydrogens (tertiary/aromatic N) is 3. The van der Waals surface area contributed by atoms with Crippen LogP contribution in [0.3, 0.4) is 0 Å². The number of rotatable bonds is 64. The second kappa shape index (κ2) is 59.7. The van der Waals surface area contributed by atoms with E-state index in [2.05, 4.69) is 99.7 Å². The predicted octanol–water partition coefficient (Wildman–Crippen LogP) is -7.61. The molecule has 0 aliphatic carbocycles. The molecular formula is C82H131N27O21S2. The van der Waals surface area contributed by atoms with Gasteiger partial charge in [0.25, 0.3) is 0 Å². The molecule has 48 nitrogen and oxygen atoms in total. The van der Waals surface area contributed by atoms with Crippen LogP contribution in [0.2, 0.25) is 0 Å². The smallest absolute Gasteiger partial charge is 0.303 e. The number of guanidine groups is 1. The summed E-state index contributed by atoms with van der Waals surface area (Å²) >= 11 is 2.73. The van der Waals surface area contributed by atoms with Crippen molar-refractivity contribution < 1.29 is 101 Å². The number of carbonyl (C=O) groups excluding carboxylic acids is 18. The number of hydrogen-bond acceptors (Lipinski definition) is 27. The van der Waals surface area contributed by atoms with Crippen molar-refractivity contribution in [2.45, 2.75) is 241 Å². The maximum absolute atomic E-state index is 14.9. The molecule has 0 saturated carbocycles. The van der Waals surface area contributed by atoms with Gasteiger partial charge >= 0.3 is 5.97 Å². The van der Waals surface area contributed by atoms with Crippen LogP contribution >= 0.6 is 23.5 Å². The second-order valence-electron chi connectivity index (χ2n) is 31.8. The van der Waals surface area contributed by atoms with Gasteiger partial charge in [0.15, 0.2) is 5.96 Å². The molecule has 1 fully saturated rings. The van der Waals surface area contributed by atoms with E-state index in [4.69, 9.17) is 39.8 Å². The number of amides is 18. The minimum absolute atomic E-state index is 0.00944. The molecule has 3 heterocycles. The molecule has 732 valence electrons. The number of aliphatic carboxylic acids is 1. The summed E-state index contributed by atoms with van der Waals surface area (Å²) in [5.74, 6) is -19.1. The zero-order valence-corrected chi connectivity index (χ0v) is 76.6. The molecule has 18 amide bonds. The van der Waals surface area contributed by atoms with Gasteiger partial charge in [0.1, 0.15) is 78.5 Å². The summed E-state index contributed by atoms with van der Waals surface area (Å²) in [5.41, 5.74) is 35.3. The first-order valence-electron chi connectivity index (χ1n) is 43.5. The summed E-state index contributed by atoms with van der Waals surface area (Å²) in [7, 11) is 0. The van der Waals surface area contributed by atoms with Crippen LogP contribution in [-0.2, 0) is 110 Å². The lowest BCUT2D eigenvalue weighted by atomic mass is 9.96. The van der Waals surface area contributed by atoms with E-state index in [0.717, 1.165) is 0 Å². The quantitative estimate of drug-likeness (QED) is 0.0142. The van der Waals surface area contributed by atoms with E-state index in [-0.39, 0.29) is 101 Å². The van der Waals surface area contributed by atoms with Gasteiger partial charge in [-0.25, -0.2) is 9.97 Å². The number of aromatic nitrogens is 4. The van der Waals surface area contributed by atoms with E-state index in [0.29, 0.717) is 42.7 Å². The molecule has 1 aliphatic rings. The van der Waals surface area contributed by atoms with Gasteiger partial charge in [-0.3, -0.25) is 96.5 Å². The van der Waals surface area contributed by atoms with Crippen LogP contribution in [0.4, 0.5) is 0 Å². The fourth-order valence-corrected chi connectivity index (χ4v) is 14.6. The molecule has 0 unspecified atom stereocenters. The molecule has 32 N–H and O–H groups in total. The first-order chi connectivity index (χ1) is 62.8. The van der Waals surface area contributed by atoms with Gasteiger partial charge in [0, 0.05) is 75.4 Å². The zero-order valence-electron chi connectivity index (χ0n) is 75.0. The Hall–Kier alpha value is -12.6. The van der Waals surface area contributed by atoms with E-state index >= 15 is 0 Å². The van der Waals surface area contributed by atoms with Crippen LogP contribution < -0.4 is 114 Å². The Balaban J connectivity index is 1.52. The van der Waals surface area contributed by atoms with Gasteiger partial charge in [-0.15, -0.1) is 0 Å². The molecule has 2 aromatic heterocycles. The fourth-order valence-electron chi connectivity index (χ4n) is 13.6. The minimum Gasteiger partial charge on any atom is -0.481 e. The maximum Gasteiger partial charge on any atom is 0.303 e. The van der Waals surface area contributed by atoms with Crippen LogP contribution in [-0.4, -0.2) is 301 Å². The minimum atomic E-state index is -1.72. The monoisotopic (exact) mass is 1890 g/mol. The van der Waals surface area contributed by atoms with Crippen molar-refractivity contribution in [2.75, 3.05) is 63.3 Å². The lowest BCUT2D eigenvalue weighted by molar-refractivity contribution is -0.143. The van der Waals surface area contributed by atoms with Crippen molar-refractivity contribution in [3.8, 4) is 0 Å². The summed E-state index contributed by atoms with van der Waals surface area (Å²) in [5, 5.41) is 65.2. The van der Waals surface area contributed by atoms with E-state index in [1.807, 2.05) is 6.26 Å². The Morgan fingerprint density at radius 2 is 0.932 bits per heavy atom. The van der Waals surface area contributed by atoms with Crippen LogP contribution in [0.1, 0.15) is 154 Å². The topological polar surface area (TPSA) is 786 Å². The first kappa shape index (κ1) is 112. The molecular weight excluding hydrogens is 1760 g/mol. The number of aliphatic hydroxyl groups is 1. The van der Waals surface area contributed by atoms with Crippen LogP contribution in [0.5, 0.6) is 0 Å². The summed E-state index contributed by atoms with van der Waals surface area (Å²) in [6.07, 6.45) is 6.86. The highest BCUT2D eigenvalue weighted by atomic mass is 32.2. The lowest BCUT2D eigenvalue weighted by Gasteiger charge is -2.32. The van der Waals surface area contributed by atoms with Gasteiger partial charge in [0.2, 0.25) is 106 Å². The molecule has 4 rings (SSSR count). The number of nitrogens with one attached hydrogen (secondary N) is 18. The molecule has 0 bridgehead atoms. The lowest BCUT2D eigenvalue weighted by Crippen LogP contribution is -2.61. The molecule has 50 heteroatoms. The number of carboxylic acid groups (broad SMARTS) is 1. The number of hydrogen-bond donors (Lipinski definition) is 26. The molecule has 0 spiro atoms. The summed E-state index contributed by atoms with van der Waals surface area (Å²) in [6.45, 7) is 4.27. The van der Waals surface area contributed by atoms with Gasteiger partial charge in [-0.2, -0.15) is 23.5 Å². The molecule has 132 heavy (non-hydrogen) atoms. The van der Waals surface area contributed by atoms with Gasteiger partial charge in [-0.05, 0) is 125 Å². The summed E-state index contributed by atoms with van der Waals surface area (Å²) < 4.78 is 0. The predicted molar refractivity (Wildman–Crippen MR) is 484 cm³/mol. The summed E-state index contributed by atoms with van der Waals surface area (Å²) in [4.78, 5) is 276. The third-order valence-corrected chi connectivity index (χ3v) is 22.9. The molecule has 1 aromatic carbocycles. The number of likely N-dealkylation sites (tertiary alicyclic amines) is 1. The number of carbonyl (C=O) groups is 19. The normalized spacial score (nSPS) is 15.6. The molecule has 1 saturated heterocycles. The number of carboxylic acids is 1. The number of benzene rings is 1. The van der Waals surface area contributed by atoms with Crippen molar-refractivity contribution in [1.82, 2.24) is 105 Å². The fraction of sp³-hybridized carbons (Fsp3) is 0.610. The van der Waals surface area contributed by atoms with E-state index in [1.165, 1.54) is 53.5 Å².